The maximum atomic E-state index is 5.92. The van der Waals surface area contributed by atoms with Crippen molar-refractivity contribution in [2.75, 3.05) is 5.73 Å². The molecule has 4 N–H and O–H groups in total. The minimum Gasteiger partial charge on any atom is -0.455 e. The highest BCUT2D eigenvalue weighted by atomic mass is 16.5. The molecule has 6 nitrogen and oxygen atoms in total. The van der Waals surface area contributed by atoms with Crippen LogP contribution in [0.4, 0.5) is 5.69 Å². The zero-order valence-electron chi connectivity index (χ0n) is 11.0. The fourth-order valence-corrected chi connectivity index (χ4v) is 2.71. The van der Waals surface area contributed by atoms with Crippen molar-refractivity contribution in [1.29, 1.82) is 0 Å². The van der Waals surface area contributed by atoms with Gasteiger partial charge in [-0.3, -0.25) is 4.98 Å². The molecule has 104 valence electrons. The average Bonchev–Trinajstić information content (AvgIpc) is 2.49. The molecule has 21 heavy (non-hydrogen) atoms. The van der Waals surface area contributed by atoms with E-state index in [0.717, 1.165) is 11.1 Å². The lowest BCUT2D eigenvalue weighted by molar-refractivity contribution is 0.389. The number of nitrogens with zero attached hydrogens (tertiary/aromatic N) is 2. The molecule has 6 heteroatoms. The van der Waals surface area contributed by atoms with Gasteiger partial charge in [0.1, 0.15) is 11.3 Å². The van der Waals surface area contributed by atoms with Crippen LogP contribution in [0.3, 0.4) is 0 Å². The molecular weight excluding hydrogens is 268 g/mol. The van der Waals surface area contributed by atoms with Crippen molar-refractivity contribution in [2.45, 2.75) is 5.54 Å². The number of hydrogen-bond acceptors (Lipinski definition) is 6. The van der Waals surface area contributed by atoms with Crippen molar-refractivity contribution in [3.8, 4) is 11.5 Å². The number of aliphatic imine (C=N–C) groups is 1. The summed E-state index contributed by atoms with van der Waals surface area (Å²) in [5.41, 5.74) is 13.2. The van der Waals surface area contributed by atoms with Crippen LogP contribution in [0, 0.1) is 0 Å². The molecule has 3 heterocycles. The molecule has 0 amide bonds. The van der Waals surface area contributed by atoms with E-state index in [-0.39, 0.29) is 6.02 Å². The molecule has 0 fully saturated rings. The van der Waals surface area contributed by atoms with Crippen LogP contribution < -0.4 is 16.2 Å². The fourth-order valence-electron chi connectivity index (χ4n) is 2.71. The summed E-state index contributed by atoms with van der Waals surface area (Å²) in [6, 6.07) is 7.39. The van der Waals surface area contributed by atoms with E-state index in [2.05, 4.69) is 9.98 Å². The summed E-state index contributed by atoms with van der Waals surface area (Å²) in [5.74, 6) is 1.31. The van der Waals surface area contributed by atoms with E-state index in [1.54, 1.807) is 18.5 Å². The number of fused-ring (bicyclic) bond motifs is 4. The molecule has 1 unspecified atom stereocenters. The summed E-state index contributed by atoms with van der Waals surface area (Å²) >= 11 is 0. The first-order valence-corrected chi connectivity index (χ1v) is 6.41. The third-order valence-electron chi connectivity index (χ3n) is 3.61. The lowest BCUT2D eigenvalue weighted by Gasteiger charge is -2.36. The monoisotopic (exact) mass is 280 g/mol. The summed E-state index contributed by atoms with van der Waals surface area (Å²) in [5, 5.41) is 0. The Morgan fingerprint density at radius 2 is 1.95 bits per heavy atom. The van der Waals surface area contributed by atoms with Gasteiger partial charge >= 0.3 is 0 Å². The van der Waals surface area contributed by atoms with Crippen LogP contribution in [0.15, 0.2) is 54.0 Å². The third-order valence-corrected chi connectivity index (χ3v) is 3.61. The van der Waals surface area contributed by atoms with Crippen molar-refractivity contribution in [1.82, 2.24) is 4.98 Å². The van der Waals surface area contributed by atoms with E-state index < -0.39 is 5.54 Å². The molecule has 0 radical (unpaired) electrons. The number of rotatable bonds is 0. The van der Waals surface area contributed by atoms with E-state index in [9.17, 15) is 0 Å². The molecule has 1 aromatic heterocycles. The lowest BCUT2D eigenvalue weighted by Crippen LogP contribution is -2.33. The van der Waals surface area contributed by atoms with Crippen LogP contribution in [0.5, 0.6) is 11.5 Å². The number of anilines is 1. The molecule has 1 atom stereocenters. The van der Waals surface area contributed by atoms with Gasteiger partial charge in [0.15, 0.2) is 5.75 Å². The maximum Gasteiger partial charge on any atom is 0.288 e. The zero-order chi connectivity index (χ0) is 14.4. The van der Waals surface area contributed by atoms with Crippen molar-refractivity contribution in [2.24, 2.45) is 10.7 Å². The van der Waals surface area contributed by atoms with Gasteiger partial charge in [0, 0.05) is 23.0 Å². The van der Waals surface area contributed by atoms with E-state index in [4.69, 9.17) is 20.9 Å². The third kappa shape index (κ3) is 1.59. The topological polar surface area (TPSA) is 95.8 Å². The molecular formula is C15H12N4O2. The van der Waals surface area contributed by atoms with E-state index in [1.807, 2.05) is 24.3 Å². The van der Waals surface area contributed by atoms with Gasteiger partial charge in [-0.25, -0.2) is 4.99 Å². The molecule has 0 bridgehead atoms. The Bertz CT molecular complexity index is 800. The normalized spacial score (nSPS) is 21.8. The number of nitrogen functional groups attached to an aromatic ring is 1. The van der Waals surface area contributed by atoms with Gasteiger partial charge in [-0.05, 0) is 30.3 Å². The molecule has 4 rings (SSSR count). The molecule has 1 spiro atoms. The van der Waals surface area contributed by atoms with Crippen LogP contribution >= 0.6 is 0 Å². The molecule has 2 aromatic rings. The Morgan fingerprint density at radius 1 is 1.05 bits per heavy atom. The SMILES string of the molecule is NC1=NC2(C=CO1)c1ccncc1Oc1ccc(N)cc12. The largest absolute Gasteiger partial charge is 0.455 e. The first-order valence-electron chi connectivity index (χ1n) is 6.41. The van der Waals surface area contributed by atoms with E-state index in [1.165, 1.54) is 6.26 Å². The number of pyridine rings is 1. The summed E-state index contributed by atoms with van der Waals surface area (Å²) in [4.78, 5) is 8.62. The van der Waals surface area contributed by atoms with Crippen LogP contribution in [0.25, 0.3) is 0 Å². The average molecular weight is 280 g/mol. The first kappa shape index (κ1) is 11.8. The number of amidine groups is 1. The van der Waals surface area contributed by atoms with Crippen LogP contribution in [-0.4, -0.2) is 11.0 Å². The first-order chi connectivity index (χ1) is 10.2. The smallest absolute Gasteiger partial charge is 0.288 e. The predicted molar refractivity (Wildman–Crippen MR) is 77.8 cm³/mol. The zero-order valence-corrected chi connectivity index (χ0v) is 11.0. The van der Waals surface area contributed by atoms with Crippen LogP contribution in [0.2, 0.25) is 0 Å². The summed E-state index contributed by atoms with van der Waals surface area (Å²) in [7, 11) is 0. The van der Waals surface area contributed by atoms with Gasteiger partial charge in [0.2, 0.25) is 0 Å². The highest BCUT2D eigenvalue weighted by Crippen LogP contribution is 2.50. The Labute approximate surface area is 120 Å². The quantitative estimate of drug-likeness (QED) is 0.718. The van der Waals surface area contributed by atoms with Crippen LogP contribution in [0.1, 0.15) is 11.1 Å². The second-order valence-electron chi connectivity index (χ2n) is 4.87. The number of hydrogen-bond donors (Lipinski definition) is 2. The second-order valence-corrected chi connectivity index (χ2v) is 4.87. The van der Waals surface area contributed by atoms with Crippen molar-refractivity contribution >= 4 is 11.7 Å². The highest BCUT2D eigenvalue weighted by Gasteiger charge is 2.42. The minimum atomic E-state index is -0.802. The van der Waals surface area contributed by atoms with Gasteiger partial charge in [-0.15, -0.1) is 0 Å². The van der Waals surface area contributed by atoms with Gasteiger partial charge in [-0.1, -0.05) is 0 Å². The Hall–Kier alpha value is -3.02. The lowest BCUT2D eigenvalue weighted by atomic mass is 9.80. The van der Waals surface area contributed by atoms with E-state index in [0.29, 0.717) is 17.2 Å². The Morgan fingerprint density at radius 3 is 2.81 bits per heavy atom. The van der Waals surface area contributed by atoms with Gasteiger partial charge < -0.3 is 20.9 Å². The van der Waals surface area contributed by atoms with Gasteiger partial charge in [0.25, 0.3) is 6.02 Å². The van der Waals surface area contributed by atoms with Gasteiger partial charge in [0.05, 0.1) is 12.5 Å². The van der Waals surface area contributed by atoms with Crippen molar-refractivity contribution in [3.63, 3.8) is 0 Å². The second kappa shape index (κ2) is 3.99. The molecule has 2 aliphatic rings. The molecule has 1 aromatic carbocycles. The summed E-state index contributed by atoms with van der Waals surface area (Å²) in [6.07, 6.45) is 6.72. The highest BCUT2D eigenvalue weighted by molar-refractivity contribution is 5.77. The Balaban J connectivity index is 2.08. The number of ether oxygens (including phenoxy) is 2. The minimum absolute atomic E-state index is 0.0931. The van der Waals surface area contributed by atoms with E-state index >= 15 is 0 Å². The van der Waals surface area contributed by atoms with Crippen LogP contribution in [-0.2, 0) is 10.3 Å². The molecule has 0 aliphatic carbocycles. The summed E-state index contributed by atoms with van der Waals surface area (Å²) in [6.45, 7) is 0. The molecule has 0 saturated carbocycles. The van der Waals surface area contributed by atoms with Crippen molar-refractivity contribution < 1.29 is 9.47 Å². The molecule has 2 aliphatic heterocycles. The number of nitrogens with two attached hydrogens (primary N) is 2. The standard InChI is InChI=1S/C15H12N4O2/c16-9-1-2-12-11(7-9)15(4-6-20-14(17)19-15)10-3-5-18-8-13(10)21-12/h1-8H,16H2,(H2,17,19). The molecule has 0 saturated heterocycles. The predicted octanol–water partition coefficient (Wildman–Crippen LogP) is 1.87. The Kier molecular flexibility index (Phi) is 2.24. The van der Waals surface area contributed by atoms with Crippen molar-refractivity contribution in [3.05, 3.63) is 60.1 Å². The summed E-state index contributed by atoms with van der Waals surface area (Å²) < 4.78 is 11.0. The fraction of sp³-hybridized carbons (Fsp3) is 0.0667. The van der Waals surface area contributed by atoms with Gasteiger partial charge in [-0.2, -0.15) is 0 Å². The number of aromatic nitrogens is 1. The number of benzene rings is 1. The maximum absolute atomic E-state index is 5.92.